The highest BCUT2D eigenvalue weighted by Crippen LogP contribution is 2.24. The van der Waals surface area contributed by atoms with Gasteiger partial charge in [-0.05, 0) is 111 Å². The number of benzene rings is 4. The molecule has 0 aliphatic carbocycles. The molecule has 0 aliphatic heterocycles. The lowest BCUT2D eigenvalue weighted by molar-refractivity contribution is 0.596. The van der Waals surface area contributed by atoms with E-state index in [-0.39, 0.29) is 9.79 Å². The fourth-order valence-electron chi connectivity index (χ4n) is 3.43. The van der Waals surface area contributed by atoms with Gasteiger partial charge in [-0.15, -0.1) is 0 Å². The maximum Gasteiger partial charge on any atom is 0.206 e. The Hall–Kier alpha value is -3.79. The molecule has 0 amide bonds. The largest absolute Gasteiger partial charge is 0.332 e. The van der Waals surface area contributed by atoms with Crippen molar-refractivity contribution in [3.63, 3.8) is 0 Å². The minimum atomic E-state index is -3.69. The first-order chi connectivity index (χ1) is 17.7. The van der Waals surface area contributed by atoms with Crippen LogP contribution < -0.4 is 21.3 Å². The summed E-state index contributed by atoms with van der Waals surface area (Å²) < 4.78 is 26.2. The summed E-state index contributed by atoms with van der Waals surface area (Å²) in [6.07, 6.45) is 0. The lowest BCUT2D eigenvalue weighted by atomic mass is 10.2. The fraction of sp³-hybridized carbons (Fsp3) is 0.0714. The Labute approximate surface area is 228 Å². The van der Waals surface area contributed by atoms with Crippen molar-refractivity contribution in [1.82, 2.24) is 0 Å². The molecule has 0 spiro atoms. The highest BCUT2D eigenvalue weighted by Gasteiger charge is 2.17. The van der Waals surface area contributed by atoms with Gasteiger partial charge in [0.25, 0.3) is 0 Å². The Morgan fingerprint density at radius 3 is 1.00 bits per heavy atom. The van der Waals surface area contributed by atoms with Crippen LogP contribution >= 0.6 is 24.4 Å². The van der Waals surface area contributed by atoms with Gasteiger partial charge in [-0.1, -0.05) is 35.4 Å². The van der Waals surface area contributed by atoms with E-state index < -0.39 is 9.84 Å². The van der Waals surface area contributed by atoms with E-state index in [1.54, 1.807) is 48.5 Å². The maximum atomic E-state index is 13.1. The number of hydrogen-bond acceptors (Lipinski definition) is 4. The Bertz CT molecular complexity index is 1390. The first-order valence-corrected chi connectivity index (χ1v) is 13.7. The number of thiocarbonyl (C=S) groups is 2. The second-order valence-corrected chi connectivity index (χ2v) is 11.2. The molecule has 0 bridgehead atoms. The van der Waals surface area contributed by atoms with Gasteiger partial charge in [0.1, 0.15) is 0 Å². The lowest BCUT2D eigenvalue weighted by Gasteiger charge is -2.12. The van der Waals surface area contributed by atoms with Crippen molar-refractivity contribution in [3.8, 4) is 0 Å². The zero-order chi connectivity index (χ0) is 26.4. The van der Waals surface area contributed by atoms with Crippen molar-refractivity contribution < 1.29 is 8.42 Å². The molecule has 4 aromatic carbocycles. The van der Waals surface area contributed by atoms with E-state index >= 15 is 0 Å². The van der Waals surface area contributed by atoms with Crippen LogP contribution in [0.25, 0.3) is 0 Å². The van der Waals surface area contributed by atoms with Crippen molar-refractivity contribution in [2.75, 3.05) is 21.3 Å². The number of aryl methyl sites for hydroxylation is 2. The molecule has 0 aliphatic rings. The van der Waals surface area contributed by atoms with Gasteiger partial charge >= 0.3 is 0 Å². The van der Waals surface area contributed by atoms with Gasteiger partial charge in [0.15, 0.2) is 10.2 Å². The van der Waals surface area contributed by atoms with Crippen molar-refractivity contribution >= 4 is 67.2 Å². The molecule has 6 nitrogen and oxygen atoms in total. The monoisotopic (exact) mass is 546 g/mol. The number of anilines is 4. The van der Waals surface area contributed by atoms with Crippen molar-refractivity contribution in [2.45, 2.75) is 23.6 Å². The van der Waals surface area contributed by atoms with Crippen LogP contribution in [-0.4, -0.2) is 18.6 Å². The molecule has 0 heterocycles. The van der Waals surface area contributed by atoms with Crippen LogP contribution in [0.1, 0.15) is 11.1 Å². The molecular weight excluding hydrogens is 521 g/mol. The molecule has 0 saturated carbocycles. The SMILES string of the molecule is Cc1ccc(NC(=S)Nc2ccc(S(=O)(=O)c3ccc(NC(=S)Nc4ccc(C)cc4)cc3)cc2)cc1. The number of rotatable bonds is 6. The van der Waals surface area contributed by atoms with E-state index in [4.69, 9.17) is 24.4 Å². The van der Waals surface area contributed by atoms with Crippen LogP contribution in [0.15, 0.2) is 107 Å². The first kappa shape index (κ1) is 26.3. The van der Waals surface area contributed by atoms with Crippen LogP contribution in [0.3, 0.4) is 0 Å². The summed E-state index contributed by atoms with van der Waals surface area (Å²) in [6, 6.07) is 28.7. The van der Waals surface area contributed by atoms with E-state index in [0.717, 1.165) is 22.5 Å². The molecule has 0 unspecified atom stereocenters. The normalized spacial score (nSPS) is 10.9. The summed E-state index contributed by atoms with van der Waals surface area (Å²) in [4.78, 5) is 0.375. The topological polar surface area (TPSA) is 82.3 Å². The molecule has 9 heteroatoms. The molecule has 188 valence electrons. The van der Waals surface area contributed by atoms with Crippen LogP contribution in [-0.2, 0) is 9.84 Å². The molecular formula is C28H26N4O2S3. The fourth-order valence-corrected chi connectivity index (χ4v) is 5.16. The average molecular weight is 547 g/mol. The molecule has 4 rings (SSSR count). The molecule has 0 radical (unpaired) electrons. The van der Waals surface area contributed by atoms with Gasteiger partial charge in [-0.3, -0.25) is 0 Å². The van der Waals surface area contributed by atoms with Gasteiger partial charge in [0.2, 0.25) is 9.84 Å². The Kier molecular flexibility index (Phi) is 8.17. The van der Waals surface area contributed by atoms with E-state index in [0.29, 0.717) is 21.6 Å². The molecule has 0 atom stereocenters. The van der Waals surface area contributed by atoms with Gasteiger partial charge in [0.05, 0.1) is 9.79 Å². The standard InChI is InChI=1S/C28H26N4O2S3/c1-19-3-7-21(8-4-19)29-27(35)31-23-11-15-25(16-12-23)37(33,34)26-17-13-24(14-18-26)32-28(36)30-22-9-5-20(2)6-10-22/h3-18H,1-2H3,(H2,29,31,35)(H2,30,32,36). The molecule has 0 saturated heterocycles. The molecule has 37 heavy (non-hydrogen) atoms. The zero-order valence-corrected chi connectivity index (χ0v) is 22.7. The Morgan fingerprint density at radius 1 is 0.486 bits per heavy atom. The first-order valence-electron chi connectivity index (χ1n) is 11.4. The summed E-state index contributed by atoms with van der Waals surface area (Å²) >= 11 is 10.7. The zero-order valence-electron chi connectivity index (χ0n) is 20.3. The second kappa shape index (κ2) is 11.5. The third-order valence-corrected chi connectivity index (χ3v) is 7.66. The third-order valence-electron chi connectivity index (χ3n) is 5.46. The highest BCUT2D eigenvalue weighted by atomic mass is 32.2. The number of nitrogens with one attached hydrogen (secondary N) is 4. The van der Waals surface area contributed by atoms with E-state index in [1.807, 2.05) is 62.4 Å². The summed E-state index contributed by atoms with van der Waals surface area (Å²) in [5.74, 6) is 0. The molecule has 0 fully saturated rings. The lowest BCUT2D eigenvalue weighted by Crippen LogP contribution is -2.19. The number of sulfone groups is 1. The van der Waals surface area contributed by atoms with Crippen molar-refractivity contribution in [1.29, 1.82) is 0 Å². The number of hydrogen-bond donors (Lipinski definition) is 4. The quantitative estimate of drug-likeness (QED) is 0.198. The minimum absolute atomic E-state index is 0.188. The van der Waals surface area contributed by atoms with Gasteiger partial charge in [0, 0.05) is 22.7 Å². The van der Waals surface area contributed by atoms with Gasteiger partial charge < -0.3 is 21.3 Å². The van der Waals surface area contributed by atoms with Crippen LogP contribution in [0.2, 0.25) is 0 Å². The summed E-state index contributed by atoms with van der Waals surface area (Å²) in [7, 11) is -3.69. The summed E-state index contributed by atoms with van der Waals surface area (Å²) in [5.41, 5.74) is 5.41. The molecule has 4 N–H and O–H groups in total. The van der Waals surface area contributed by atoms with Gasteiger partial charge in [-0.25, -0.2) is 8.42 Å². The average Bonchev–Trinajstić information content (AvgIpc) is 2.87. The molecule has 4 aromatic rings. The Balaban J connectivity index is 1.36. The smallest absolute Gasteiger partial charge is 0.206 e. The third kappa shape index (κ3) is 7.13. The van der Waals surface area contributed by atoms with Crippen molar-refractivity contribution in [3.05, 3.63) is 108 Å². The van der Waals surface area contributed by atoms with Crippen LogP contribution in [0, 0.1) is 13.8 Å². The van der Waals surface area contributed by atoms with Crippen molar-refractivity contribution in [2.24, 2.45) is 0 Å². The van der Waals surface area contributed by atoms with Crippen LogP contribution in [0.5, 0.6) is 0 Å². The second-order valence-electron chi connectivity index (χ2n) is 8.44. The Morgan fingerprint density at radius 2 is 0.730 bits per heavy atom. The van der Waals surface area contributed by atoms with Gasteiger partial charge in [-0.2, -0.15) is 0 Å². The highest BCUT2D eigenvalue weighted by molar-refractivity contribution is 7.91. The summed E-state index contributed by atoms with van der Waals surface area (Å²) in [5, 5.41) is 13.2. The van der Waals surface area contributed by atoms with E-state index in [2.05, 4.69) is 21.3 Å². The maximum absolute atomic E-state index is 13.1. The molecule has 0 aromatic heterocycles. The predicted octanol–water partition coefficient (Wildman–Crippen LogP) is 6.75. The minimum Gasteiger partial charge on any atom is -0.332 e. The predicted molar refractivity (Wildman–Crippen MR) is 160 cm³/mol. The summed E-state index contributed by atoms with van der Waals surface area (Å²) in [6.45, 7) is 4.03. The van der Waals surface area contributed by atoms with E-state index in [1.165, 1.54) is 0 Å². The van der Waals surface area contributed by atoms with Crippen LogP contribution in [0.4, 0.5) is 22.7 Å². The van der Waals surface area contributed by atoms with E-state index in [9.17, 15) is 8.42 Å².